The van der Waals surface area contributed by atoms with E-state index in [2.05, 4.69) is 5.18 Å². The Labute approximate surface area is 87.9 Å². The Balaban J connectivity index is 2.96. The molecule has 0 aliphatic heterocycles. The highest BCUT2D eigenvalue weighted by Gasteiger charge is 2.16. The molecule has 0 saturated carbocycles. The van der Waals surface area contributed by atoms with E-state index in [1.54, 1.807) is 26.0 Å². The summed E-state index contributed by atoms with van der Waals surface area (Å²) < 4.78 is 0. The lowest BCUT2D eigenvalue weighted by molar-refractivity contribution is 0.105. The molecule has 0 radical (unpaired) electrons. The summed E-state index contributed by atoms with van der Waals surface area (Å²) in [4.78, 5) is 11.6. The summed E-state index contributed by atoms with van der Waals surface area (Å²) in [7, 11) is 0. The number of nitrogens with zero attached hydrogens (tertiary/aromatic N) is 2. The van der Waals surface area contributed by atoms with Crippen molar-refractivity contribution in [3.63, 3.8) is 0 Å². The maximum atomic E-state index is 10.2. The molecule has 0 bridgehead atoms. The maximum Gasteiger partial charge on any atom is 0.126 e. The van der Waals surface area contributed by atoms with Crippen LogP contribution >= 0.6 is 0 Å². The van der Waals surface area contributed by atoms with Crippen LogP contribution in [0.4, 0.5) is 11.4 Å². The van der Waals surface area contributed by atoms with Gasteiger partial charge in [-0.2, -0.15) is 0 Å². The summed E-state index contributed by atoms with van der Waals surface area (Å²) >= 11 is 0. The van der Waals surface area contributed by atoms with Gasteiger partial charge in [-0.25, -0.2) is 0 Å². The van der Waals surface area contributed by atoms with Crippen LogP contribution in [0.3, 0.4) is 0 Å². The highest BCUT2D eigenvalue weighted by Crippen LogP contribution is 2.22. The molecule has 0 saturated heterocycles. The molecule has 5 nitrogen and oxygen atoms in total. The molecule has 1 rings (SSSR count). The van der Waals surface area contributed by atoms with Gasteiger partial charge in [0, 0.05) is 5.69 Å². The number of rotatable bonds is 4. The van der Waals surface area contributed by atoms with Crippen LogP contribution in [-0.4, -0.2) is 22.7 Å². The lowest BCUT2D eigenvalue weighted by atomic mass is 10.2. The third kappa shape index (κ3) is 2.74. The Morgan fingerprint density at radius 3 is 1.93 bits per heavy atom. The molecule has 2 N–H and O–H groups in total. The third-order valence-corrected chi connectivity index (χ3v) is 2.06. The van der Waals surface area contributed by atoms with Crippen molar-refractivity contribution in [1.29, 1.82) is 0 Å². The van der Waals surface area contributed by atoms with Crippen molar-refractivity contribution in [2.45, 2.75) is 26.3 Å². The molecule has 0 amide bonds. The zero-order chi connectivity index (χ0) is 11.4. The van der Waals surface area contributed by atoms with Crippen molar-refractivity contribution in [2.75, 3.05) is 4.90 Å². The Hall–Kier alpha value is -1.46. The van der Waals surface area contributed by atoms with E-state index in [0.29, 0.717) is 11.4 Å². The lowest BCUT2D eigenvalue weighted by Crippen LogP contribution is -2.40. The van der Waals surface area contributed by atoms with Crippen LogP contribution in [0.25, 0.3) is 0 Å². The van der Waals surface area contributed by atoms with E-state index in [1.807, 2.05) is 0 Å². The summed E-state index contributed by atoms with van der Waals surface area (Å²) in [6.45, 7) is 3.11. The summed E-state index contributed by atoms with van der Waals surface area (Å²) in [6, 6.07) is 6.30. The van der Waals surface area contributed by atoms with Crippen LogP contribution in [0.5, 0.6) is 0 Å². The molecule has 0 spiro atoms. The SMILES string of the molecule is CC(O)N(c1ccc(N=O)cc1)C(C)O. The average Bonchev–Trinajstić information content (AvgIpc) is 2.18. The molecule has 1 aromatic rings. The quantitative estimate of drug-likeness (QED) is 0.584. The van der Waals surface area contributed by atoms with Crippen LogP contribution < -0.4 is 4.90 Å². The molecule has 5 heteroatoms. The lowest BCUT2D eigenvalue weighted by Gasteiger charge is -2.30. The van der Waals surface area contributed by atoms with Crippen molar-refractivity contribution in [2.24, 2.45) is 5.18 Å². The van der Waals surface area contributed by atoms with Gasteiger partial charge >= 0.3 is 0 Å². The summed E-state index contributed by atoms with van der Waals surface area (Å²) in [6.07, 6.45) is -1.61. The van der Waals surface area contributed by atoms with Gasteiger partial charge in [-0.1, -0.05) is 0 Å². The predicted molar refractivity (Wildman–Crippen MR) is 57.7 cm³/mol. The minimum atomic E-state index is -0.806. The van der Waals surface area contributed by atoms with Crippen LogP contribution in [0.2, 0.25) is 0 Å². The Morgan fingerprint density at radius 2 is 1.60 bits per heavy atom. The van der Waals surface area contributed by atoms with Gasteiger partial charge in [0.1, 0.15) is 18.1 Å². The summed E-state index contributed by atoms with van der Waals surface area (Å²) in [5, 5.41) is 21.7. The largest absolute Gasteiger partial charge is 0.374 e. The molecule has 0 aliphatic carbocycles. The average molecular weight is 210 g/mol. The van der Waals surface area contributed by atoms with Crippen LogP contribution in [-0.2, 0) is 0 Å². The van der Waals surface area contributed by atoms with E-state index in [0.717, 1.165) is 0 Å². The van der Waals surface area contributed by atoms with Gasteiger partial charge in [0.15, 0.2) is 0 Å². The van der Waals surface area contributed by atoms with E-state index in [9.17, 15) is 15.1 Å². The van der Waals surface area contributed by atoms with Crippen molar-refractivity contribution < 1.29 is 10.2 Å². The van der Waals surface area contributed by atoms with Crippen molar-refractivity contribution in [1.82, 2.24) is 0 Å². The molecule has 15 heavy (non-hydrogen) atoms. The Bertz CT molecular complexity index is 314. The smallest absolute Gasteiger partial charge is 0.126 e. The van der Waals surface area contributed by atoms with E-state index < -0.39 is 12.5 Å². The standard InChI is InChI=1S/C10H14N2O3/c1-7(13)12(8(2)14)10-5-3-9(11-15)4-6-10/h3-8,13-14H,1-2H3. The zero-order valence-corrected chi connectivity index (χ0v) is 8.66. The fourth-order valence-corrected chi connectivity index (χ4v) is 1.43. The second-order valence-corrected chi connectivity index (χ2v) is 3.28. The van der Waals surface area contributed by atoms with Gasteiger partial charge in [0.05, 0.1) is 0 Å². The third-order valence-electron chi connectivity index (χ3n) is 2.06. The number of aliphatic hydroxyl groups excluding tert-OH is 2. The number of nitroso groups, excluding NO2 is 1. The van der Waals surface area contributed by atoms with Gasteiger partial charge in [-0.15, -0.1) is 4.91 Å². The summed E-state index contributed by atoms with van der Waals surface area (Å²) in [5.41, 5.74) is 0.947. The van der Waals surface area contributed by atoms with Crippen LogP contribution in [0.1, 0.15) is 13.8 Å². The topological polar surface area (TPSA) is 73.1 Å². The number of aliphatic hydroxyl groups is 2. The normalized spacial score (nSPS) is 14.4. The molecule has 82 valence electrons. The Morgan fingerprint density at radius 1 is 1.13 bits per heavy atom. The molecule has 1 aromatic carbocycles. The van der Waals surface area contributed by atoms with E-state index in [1.165, 1.54) is 17.0 Å². The molecule has 0 aromatic heterocycles. The van der Waals surface area contributed by atoms with E-state index in [-0.39, 0.29) is 0 Å². The maximum absolute atomic E-state index is 10.2. The number of hydrogen-bond donors (Lipinski definition) is 2. The first kappa shape index (κ1) is 11.6. The number of hydrogen-bond acceptors (Lipinski definition) is 5. The van der Waals surface area contributed by atoms with Gasteiger partial charge < -0.3 is 15.1 Å². The molecular weight excluding hydrogens is 196 g/mol. The van der Waals surface area contributed by atoms with Gasteiger partial charge in [0.25, 0.3) is 0 Å². The van der Waals surface area contributed by atoms with E-state index >= 15 is 0 Å². The van der Waals surface area contributed by atoms with Crippen molar-refractivity contribution in [3.8, 4) is 0 Å². The van der Waals surface area contributed by atoms with Crippen LogP contribution in [0.15, 0.2) is 29.4 Å². The molecule has 0 heterocycles. The molecule has 2 atom stereocenters. The minimum absolute atomic E-state index is 0.315. The number of benzene rings is 1. The first-order valence-electron chi connectivity index (χ1n) is 4.64. The van der Waals surface area contributed by atoms with Gasteiger partial charge in [-0.3, -0.25) is 0 Å². The predicted octanol–water partition coefficient (Wildman–Crippen LogP) is 1.57. The first-order chi connectivity index (χ1) is 7.06. The van der Waals surface area contributed by atoms with Crippen LogP contribution in [0, 0.1) is 4.91 Å². The molecule has 2 unspecified atom stereocenters. The zero-order valence-electron chi connectivity index (χ0n) is 8.66. The molecule has 0 aliphatic rings. The van der Waals surface area contributed by atoms with E-state index in [4.69, 9.17) is 0 Å². The molecular formula is C10H14N2O3. The molecule has 0 fully saturated rings. The van der Waals surface area contributed by atoms with Gasteiger partial charge in [-0.05, 0) is 43.3 Å². The van der Waals surface area contributed by atoms with Crippen molar-refractivity contribution in [3.05, 3.63) is 29.2 Å². The highest BCUT2D eigenvalue weighted by molar-refractivity contribution is 5.53. The fraction of sp³-hybridized carbons (Fsp3) is 0.400. The second kappa shape index (κ2) is 4.86. The Kier molecular flexibility index (Phi) is 3.76. The summed E-state index contributed by atoms with van der Waals surface area (Å²) in [5.74, 6) is 0. The monoisotopic (exact) mass is 210 g/mol. The second-order valence-electron chi connectivity index (χ2n) is 3.28. The van der Waals surface area contributed by atoms with Gasteiger partial charge in [0.2, 0.25) is 0 Å². The number of anilines is 1. The highest BCUT2D eigenvalue weighted by atomic mass is 16.3. The minimum Gasteiger partial charge on any atom is -0.374 e. The first-order valence-corrected chi connectivity index (χ1v) is 4.64. The van der Waals surface area contributed by atoms with Crippen molar-refractivity contribution >= 4 is 11.4 Å². The fourth-order valence-electron chi connectivity index (χ4n) is 1.43.